The second kappa shape index (κ2) is 7.74. The summed E-state index contributed by atoms with van der Waals surface area (Å²) in [6, 6.07) is 13.2. The van der Waals surface area contributed by atoms with Gasteiger partial charge in [0.15, 0.2) is 0 Å². The van der Waals surface area contributed by atoms with Crippen molar-refractivity contribution < 1.29 is 18.0 Å². The molecule has 0 saturated heterocycles. The molecule has 0 radical (unpaired) electrons. The highest BCUT2D eigenvalue weighted by Gasteiger charge is 2.30. The number of fused-ring (bicyclic) bond motifs is 1. The Morgan fingerprint density at radius 2 is 1.74 bits per heavy atom. The van der Waals surface area contributed by atoms with Crippen LogP contribution < -0.4 is 21.3 Å². The number of rotatable bonds is 4. The van der Waals surface area contributed by atoms with Crippen LogP contribution in [0.5, 0.6) is 0 Å². The summed E-state index contributed by atoms with van der Waals surface area (Å²) in [5, 5.41) is 6.46. The predicted molar refractivity (Wildman–Crippen MR) is 106 cm³/mol. The van der Waals surface area contributed by atoms with Crippen LogP contribution in [0.3, 0.4) is 0 Å². The second-order valence-corrected chi connectivity index (χ2v) is 6.83. The molecule has 0 aliphatic carbocycles. The fourth-order valence-electron chi connectivity index (χ4n) is 3.29. The molecule has 1 aliphatic heterocycles. The van der Waals surface area contributed by atoms with Crippen LogP contribution in [0, 0.1) is 0 Å². The number of carbonyl (C=O) groups is 1. The summed E-state index contributed by atoms with van der Waals surface area (Å²) < 4.78 is 40.5. The van der Waals surface area contributed by atoms with Gasteiger partial charge in [0.05, 0.1) is 5.56 Å². The van der Waals surface area contributed by atoms with Crippen molar-refractivity contribution in [3.05, 3.63) is 80.9 Å². The number of halogens is 3. The third-order valence-corrected chi connectivity index (χ3v) is 4.74. The Morgan fingerprint density at radius 1 is 1.00 bits per heavy atom. The molecule has 160 valence electrons. The van der Waals surface area contributed by atoms with Gasteiger partial charge in [0.1, 0.15) is 6.54 Å². The van der Waals surface area contributed by atoms with Crippen molar-refractivity contribution in [1.29, 1.82) is 0 Å². The summed E-state index contributed by atoms with van der Waals surface area (Å²) in [6.07, 6.45) is -4.56. The van der Waals surface area contributed by atoms with E-state index >= 15 is 0 Å². The van der Waals surface area contributed by atoms with Gasteiger partial charge in [0.2, 0.25) is 11.9 Å². The van der Waals surface area contributed by atoms with Crippen LogP contribution in [0.2, 0.25) is 0 Å². The Kier molecular flexibility index (Phi) is 5.09. The van der Waals surface area contributed by atoms with E-state index in [2.05, 4.69) is 10.4 Å². The highest BCUT2D eigenvalue weighted by molar-refractivity contribution is 5.90. The molecule has 0 spiro atoms. The molecule has 8 nitrogen and oxygen atoms in total. The molecule has 31 heavy (non-hydrogen) atoms. The molecule has 2 heterocycles. The lowest BCUT2D eigenvalue weighted by Crippen LogP contribution is -2.44. The fourth-order valence-corrected chi connectivity index (χ4v) is 3.29. The molecule has 0 saturated carbocycles. The van der Waals surface area contributed by atoms with Gasteiger partial charge in [0.25, 0.3) is 0 Å². The lowest BCUT2D eigenvalue weighted by Gasteiger charge is -2.17. The van der Waals surface area contributed by atoms with E-state index in [1.54, 1.807) is 4.90 Å². The number of carbonyl (C=O) groups excluding carboxylic acids is 1. The number of nitrogens with one attached hydrogen (secondary N) is 1. The molecule has 1 aliphatic rings. The topological polar surface area (TPSA) is 89.2 Å². The van der Waals surface area contributed by atoms with E-state index in [4.69, 9.17) is 0 Å². The molecule has 11 heteroatoms. The fraction of sp³-hybridized carbons (Fsp3) is 0.200. The van der Waals surface area contributed by atoms with E-state index in [1.807, 2.05) is 30.3 Å². The van der Waals surface area contributed by atoms with Crippen molar-refractivity contribution in [2.75, 3.05) is 16.8 Å². The van der Waals surface area contributed by atoms with Crippen molar-refractivity contribution in [3.8, 4) is 0 Å². The Morgan fingerprint density at radius 3 is 2.45 bits per heavy atom. The van der Waals surface area contributed by atoms with Gasteiger partial charge >= 0.3 is 17.3 Å². The maximum absolute atomic E-state index is 12.8. The summed E-state index contributed by atoms with van der Waals surface area (Å²) in [5.74, 6) is -0.579. The zero-order chi connectivity index (χ0) is 22.2. The largest absolute Gasteiger partial charge is 0.416 e. The first-order valence-corrected chi connectivity index (χ1v) is 9.26. The molecule has 0 bridgehead atoms. The Bertz CT molecular complexity index is 1250. The smallest absolute Gasteiger partial charge is 0.324 e. The van der Waals surface area contributed by atoms with Crippen LogP contribution in [-0.4, -0.2) is 26.8 Å². The van der Waals surface area contributed by atoms with Crippen LogP contribution in [-0.2, 0) is 24.1 Å². The number of alkyl halides is 3. The van der Waals surface area contributed by atoms with Gasteiger partial charge in [-0.25, -0.2) is 4.68 Å². The number of anilines is 3. The number of nitrogens with zero attached hydrogens (tertiary/aromatic N) is 4. The van der Waals surface area contributed by atoms with E-state index < -0.39 is 35.3 Å². The molecule has 0 fully saturated rings. The van der Waals surface area contributed by atoms with Crippen LogP contribution in [0.15, 0.2) is 64.2 Å². The van der Waals surface area contributed by atoms with Crippen LogP contribution in [0.4, 0.5) is 30.5 Å². The highest BCUT2D eigenvalue weighted by Crippen LogP contribution is 2.30. The maximum Gasteiger partial charge on any atom is 0.416 e. The third kappa shape index (κ3) is 4.06. The quantitative estimate of drug-likeness (QED) is 0.640. The van der Waals surface area contributed by atoms with Crippen molar-refractivity contribution in [2.45, 2.75) is 19.3 Å². The maximum atomic E-state index is 12.8. The molecule has 3 aromatic rings. The van der Waals surface area contributed by atoms with Crippen LogP contribution in [0.25, 0.3) is 0 Å². The number of benzene rings is 2. The van der Waals surface area contributed by atoms with Gasteiger partial charge < -0.3 is 10.2 Å². The molecular formula is C20H16F3N5O3. The first kappa shape index (κ1) is 20.4. The van der Waals surface area contributed by atoms with Crippen molar-refractivity contribution in [3.63, 3.8) is 0 Å². The van der Waals surface area contributed by atoms with Gasteiger partial charge in [-0.15, -0.1) is 5.10 Å². The minimum Gasteiger partial charge on any atom is -0.324 e. The zero-order valence-corrected chi connectivity index (χ0v) is 16.0. The first-order chi connectivity index (χ1) is 14.7. The molecule has 0 unspecified atom stereocenters. The minimum atomic E-state index is -4.56. The van der Waals surface area contributed by atoms with Crippen molar-refractivity contribution >= 4 is 23.2 Å². The molecular weight excluding hydrogens is 415 g/mol. The van der Waals surface area contributed by atoms with Gasteiger partial charge in [-0.3, -0.25) is 19.0 Å². The second-order valence-electron chi connectivity index (χ2n) is 6.83. The van der Waals surface area contributed by atoms with Crippen molar-refractivity contribution in [1.82, 2.24) is 14.3 Å². The van der Waals surface area contributed by atoms with Crippen LogP contribution in [0.1, 0.15) is 5.56 Å². The number of para-hydroxylation sites is 1. The molecule has 4 rings (SSSR count). The molecule has 0 atom stereocenters. The SMILES string of the molecule is O=C(Cn1nc2n(c(=O)c1=O)CCN2c1ccccc1)Nc1cccc(C(F)(F)F)c1. The minimum absolute atomic E-state index is 0.0864. The summed E-state index contributed by atoms with van der Waals surface area (Å²) in [5.41, 5.74) is -2.06. The monoisotopic (exact) mass is 431 g/mol. The summed E-state index contributed by atoms with van der Waals surface area (Å²) >= 11 is 0. The molecule has 2 aromatic carbocycles. The number of hydrogen-bond donors (Lipinski definition) is 1. The standard InChI is InChI=1S/C20H16F3N5O3/c21-20(22,23)13-5-4-6-14(11-13)24-16(29)12-28-18(31)17(30)27-10-9-26(19(27)25-28)15-7-2-1-3-8-15/h1-8,11H,9-10,12H2,(H,24,29). The van der Waals surface area contributed by atoms with E-state index in [0.717, 1.165) is 28.6 Å². The van der Waals surface area contributed by atoms with Crippen molar-refractivity contribution in [2.24, 2.45) is 0 Å². The van der Waals surface area contributed by atoms with E-state index in [0.29, 0.717) is 6.54 Å². The lowest BCUT2D eigenvalue weighted by molar-refractivity contribution is -0.137. The van der Waals surface area contributed by atoms with E-state index in [9.17, 15) is 27.6 Å². The average molecular weight is 431 g/mol. The third-order valence-electron chi connectivity index (χ3n) is 4.74. The molecule has 1 N–H and O–H groups in total. The molecule has 1 amide bonds. The number of amides is 1. The summed E-state index contributed by atoms with van der Waals surface area (Å²) in [7, 11) is 0. The number of hydrogen-bond acceptors (Lipinski definition) is 5. The van der Waals surface area contributed by atoms with E-state index in [-0.39, 0.29) is 18.2 Å². The predicted octanol–water partition coefficient (Wildman–Crippen LogP) is 2.21. The van der Waals surface area contributed by atoms with Gasteiger partial charge in [-0.1, -0.05) is 24.3 Å². The van der Waals surface area contributed by atoms with Gasteiger partial charge in [-0.05, 0) is 30.3 Å². The van der Waals surface area contributed by atoms with Crippen LogP contribution >= 0.6 is 0 Å². The Hall–Kier alpha value is -3.89. The zero-order valence-electron chi connectivity index (χ0n) is 16.0. The Labute approximate surface area is 173 Å². The van der Waals surface area contributed by atoms with E-state index in [1.165, 1.54) is 10.6 Å². The summed E-state index contributed by atoms with van der Waals surface area (Å²) in [6.45, 7) is 0.0650. The first-order valence-electron chi connectivity index (χ1n) is 9.26. The average Bonchev–Trinajstić information content (AvgIpc) is 3.16. The van der Waals surface area contributed by atoms with Gasteiger partial charge in [-0.2, -0.15) is 13.2 Å². The number of aromatic nitrogens is 3. The Balaban J connectivity index is 1.60. The lowest BCUT2D eigenvalue weighted by atomic mass is 10.2. The summed E-state index contributed by atoms with van der Waals surface area (Å²) in [4.78, 5) is 38.9. The molecule has 1 aromatic heterocycles. The normalized spacial score (nSPS) is 13.2. The van der Waals surface area contributed by atoms with Gasteiger partial charge in [0, 0.05) is 24.5 Å². The highest BCUT2D eigenvalue weighted by atomic mass is 19.4.